The van der Waals surface area contributed by atoms with E-state index in [4.69, 9.17) is 10.4 Å². The zero-order chi connectivity index (χ0) is 12.8. The predicted octanol–water partition coefficient (Wildman–Crippen LogP) is 2.12. The minimum atomic E-state index is -1.03. The Labute approximate surface area is 106 Å². The fraction of sp³-hybridized carbons (Fsp3) is 0.182. The number of amides is 1. The van der Waals surface area contributed by atoms with Crippen molar-refractivity contribution in [3.63, 3.8) is 0 Å². The second-order valence-electron chi connectivity index (χ2n) is 3.24. The van der Waals surface area contributed by atoms with E-state index in [2.05, 4.69) is 21.2 Å². The van der Waals surface area contributed by atoms with Crippen molar-refractivity contribution >= 4 is 33.5 Å². The summed E-state index contributed by atoms with van der Waals surface area (Å²) < 4.78 is 0.734. The van der Waals surface area contributed by atoms with Crippen molar-refractivity contribution in [2.45, 2.75) is 12.8 Å². The van der Waals surface area contributed by atoms with Crippen molar-refractivity contribution in [2.75, 3.05) is 5.32 Å². The van der Waals surface area contributed by atoms with Gasteiger partial charge >= 0.3 is 5.97 Å². The van der Waals surface area contributed by atoms with E-state index in [1.54, 1.807) is 18.2 Å². The molecule has 0 aromatic heterocycles. The van der Waals surface area contributed by atoms with Crippen LogP contribution < -0.4 is 5.32 Å². The number of anilines is 1. The van der Waals surface area contributed by atoms with Gasteiger partial charge in [0.05, 0.1) is 17.7 Å². The van der Waals surface area contributed by atoms with Gasteiger partial charge in [-0.05, 0) is 18.2 Å². The number of rotatable bonds is 4. The highest BCUT2D eigenvalue weighted by Crippen LogP contribution is 2.20. The quantitative estimate of drug-likeness (QED) is 0.890. The smallest absolute Gasteiger partial charge is 0.303 e. The SMILES string of the molecule is N#Cc1cc(Br)ccc1NC(=O)CCC(=O)O. The highest BCUT2D eigenvalue weighted by atomic mass is 79.9. The van der Waals surface area contributed by atoms with Crippen molar-refractivity contribution in [3.05, 3.63) is 28.2 Å². The minimum absolute atomic E-state index is 0.115. The Kier molecular flexibility index (Phi) is 4.67. The van der Waals surface area contributed by atoms with Crippen LogP contribution in [0.5, 0.6) is 0 Å². The van der Waals surface area contributed by atoms with Crippen LogP contribution in [-0.2, 0) is 9.59 Å². The molecule has 0 atom stereocenters. The minimum Gasteiger partial charge on any atom is -0.481 e. The van der Waals surface area contributed by atoms with Crippen LogP contribution in [-0.4, -0.2) is 17.0 Å². The summed E-state index contributed by atoms with van der Waals surface area (Å²) in [5, 5.41) is 19.8. The third kappa shape index (κ3) is 4.25. The van der Waals surface area contributed by atoms with Gasteiger partial charge in [0.1, 0.15) is 6.07 Å². The molecule has 17 heavy (non-hydrogen) atoms. The van der Waals surface area contributed by atoms with Crippen molar-refractivity contribution in [3.8, 4) is 6.07 Å². The largest absolute Gasteiger partial charge is 0.481 e. The normalized spacial score (nSPS) is 9.41. The molecule has 1 aromatic rings. The summed E-state index contributed by atoms with van der Waals surface area (Å²) in [4.78, 5) is 21.7. The van der Waals surface area contributed by atoms with E-state index in [1.165, 1.54) is 0 Å². The van der Waals surface area contributed by atoms with Gasteiger partial charge in [-0.2, -0.15) is 5.26 Å². The first kappa shape index (κ1) is 13.2. The molecule has 1 amide bonds. The molecule has 0 aliphatic rings. The molecule has 2 N–H and O–H groups in total. The monoisotopic (exact) mass is 296 g/mol. The Morgan fingerprint density at radius 3 is 2.71 bits per heavy atom. The van der Waals surface area contributed by atoms with Crippen molar-refractivity contribution in [1.82, 2.24) is 0 Å². The maximum atomic E-state index is 11.4. The number of aliphatic carboxylic acids is 1. The number of carboxylic acids is 1. The van der Waals surface area contributed by atoms with Gasteiger partial charge in [0.25, 0.3) is 0 Å². The average molecular weight is 297 g/mol. The lowest BCUT2D eigenvalue weighted by Gasteiger charge is -2.06. The second kappa shape index (κ2) is 6.01. The Morgan fingerprint density at radius 2 is 2.12 bits per heavy atom. The lowest BCUT2D eigenvalue weighted by atomic mass is 10.2. The van der Waals surface area contributed by atoms with Crippen molar-refractivity contribution in [1.29, 1.82) is 5.26 Å². The molecule has 5 nitrogen and oxygen atoms in total. The molecule has 6 heteroatoms. The highest BCUT2D eigenvalue weighted by Gasteiger charge is 2.08. The van der Waals surface area contributed by atoms with Gasteiger partial charge in [-0.3, -0.25) is 9.59 Å². The van der Waals surface area contributed by atoms with Crippen LogP contribution in [0.3, 0.4) is 0 Å². The van der Waals surface area contributed by atoms with Crippen LogP contribution in [0, 0.1) is 11.3 Å². The van der Waals surface area contributed by atoms with E-state index in [0.29, 0.717) is 11.3 Å². The number of hydrogen-bond donors (Lipinski definition) is 2. The van der Waals surface area contributed by atoms with Crippen LogP contribution >= 0.6 is 15.9 Å². The Hall–Kier alpha value is -1.87. The van der Waals surface area contributed by atoms with Gasteiger partial charge in [0, 0.05) is 10.9 Å². The standard InChI is InChI=1S/C11H9BrN2O3/c12-8-1-2-9(7(5-8)6-13)14-10(15)3-4-11(16)17/h1-2,5H,3-4H2,(H,14,15)(H,16,17). The van der Waals surface area contributed by atoms with Gasteiger partial charge < -0.3 is 10.4 Å². The number of nitriles is 1. The van der Waals surface area contributed by atoms with Crippen LogP contribution in [0.2, 0.25) is 0 Å². The van der Waals surface area contributed by atoms with Crippen LogP contribution in [0.15, 0.2) is 22.7 Å². The molecular weight excluding hydrogens is 288 g/mol. The van der Waals surface area contributed by atoms with E-state index in [-0.39, 0.29) is 12.8 Å². The zero-order valence-electron chi connectivity index (χ0n) is 8.74. The van der Waals surface area contributed by atoms with E-state index < -0.39 is 11.9 Å². The number of halogens is 1. The predicted molar refractivity (Wildman–Crippen MR) is 64.4 cm³/mol. The molecular formula is C11H9BrN2O3. The summed E-state index contributed by atoms with van der Waals surface area (Å²) in [7, 11) is 0. The molecule has 0 radical (unpaired) electrons. The molecule has 0 unspecified atom stereocenters. The molecule has 0 spiro atoms. The van der Waals surface area contributed by atoms with Crippen LogP contribution in [0.4, 0.5) is 5.69 Å². The second-order valence-corrected chi connectivity index (χ2v) is 4.16. The van der Waals surface area contributed by atoms with E-state index >= 15 is 0 Å². The molecule has 0 saturated carbocycles. The topological polar surface area (TPSA) is 90.2 Å². The van der Waals surface area contributed by atoms with Gasteiger partial charge in [-0.15, -0.1) is 0 Å². The number of hydrogen-bond acceptors (Lipinski definition) is 3. The Balaban J connectivity index is 2.72. The molecule has 1 rings (SSSR count). The first-order valence-electron chi connectivity index (χ1n) is 4.74. The maximum Gasteiger partial charge on any atom is 0.303 e. The number of carboxylic acid groups (broad SMARTS) is 1. The summed E-state index contributed by atoms with van der Waals surface area (Å²) in [6.45, 7) is 0. The summed E-state index contributed by atoms with van der Waals surface area (Å²) in [6, 6.07) is 6.79. The lowest BCUT2D eigenvalue weighted by Crippen LogP contribution is -2.14. The fourth-order valence-corrected chi connectivity index (χ4v) is 1.51. The first-order valence-corrected chi connectivity index (χ1v) is 5.53. The molecule has 1 aromatic carbocycles. The van der Waals surface area contributed by atoms with E-state index in [9.17, 15) is 9.59 Å². The molecule has 0 aliphatic carbocycles. The van der Waals surface area contributed by atoms with E-state index in [1.807, 2.05) is 6.07 Å². The Morgan fingerprint density at radius 1 is 1.41 bits per heavy atom. The maximum absolute atomic E-state index is 11.4. The van der Waals surface area contributed by atoms with Gasteiger partial charge in [-0.25, -0.2) is 0 Å². The van der Waals surface area contributed by atoms with Crippen molar-refractivity contribution < 1.29 is 14.7 Å². The van der Waals surface area contributed by atoms with E-state index in [0.717, 1.165) is 4.47 Å². The van der Waals surface area contributed by atoms with Crippen LogP contribution in [0.25, 0.3) is 0 Å². The van der Waals surface area contributed by atoms with Gasteiger partial charge in [-0.1, -0.05) is 15.9 Å². The number of carbonyl (C=O) groups excluding carboxylic acids is 1. The highest BCUT2D eigenvalue weighted by molar-refractivity contribution is 9.10. The summed E-state index contributed by atoms with van der Waals surface area (Å²) >= 11 is 3.21. The van der Waals surface area contributed by atoms with Crippen LogP contribution in [0.1, 0.15) is 18.4 Å². The molecule has 0 saturated heterocycles. The molecule has 88 valence electrons. The third-order valence-electron chi connectivity index (χ3n) is 1.94. The molecule has 0 aliphatic heterocycles. The third-order valence-corrected chi connectivity index (χ3v) is 2.44. The fourth-order valence-electron chi connectivity index (χ4n) is 1.15. The van der Waals surface area contributed by atoms with Crippen molar-refractivity contribution in [2.24, 2.45) is 0 Å². The molecule has 0 heterocycles. The number of nitrogens with zero attached hydrogens (tertiary/aromatic N) is 1. The average Bonchev–Trinajstić information content (AvgIpc) is 2.28. The summed E-state index contributed by atoms with van der Waals surface area (Å²) in [6.07, 6.45) is -0.347. The number of carbonyl (C=O) groups is 2. The van der Waals surface area contributed by atoms with Gasteiger partial charge in [0.15, 0.2) is 0 Å². The molecule has 0 bridgehead atoms. The number of benzene rings is 1. The summed E-state index contributed by atoms with van der Waals surface area (Å²) in [5.41, 5.74) is 0.703. The summed E-state index contributed by atoms with van der Waals surface area (Å²) in [5.74, 6) is -1.46. The lowest BCUT2D eigenvalue weighted by molar-refractivity contribution is -0.138. The molecule has 0 fully saturated rings. The first-order chi connectivity index (χ1) is 8.02. The van der Waals surface area contributed by atoms with Gasteiger partial charge in [0.2, 0.25) is 5.91 Å². The zero-order valence-corrected chi connectivity index (χ0v) is 10.3. The number of nitrogens with one attached hydrogen (secondary N) is 1. The Bertz CT molecular complexity index is 494.